The number of nitrogens with one attached hydrogen (secondary N) is 1. The number of hydrogen-bond donors (Lipinski definition) is 1. The third kappa shape index (κ3) is 5.29. The molecule has 0 unspecified atom stereocenters. The predicted octanol–water partition coefficient (Wildman–Crippen LogP) is 4.21. The maximum Gasteiger partial charge on any atom is 0.322 e. The van der Waals surface area contributed by atoms with E-state index < -0.39 is 0 Å². The number of nitrogens with zero attached hydrogens (tertiary/aromatic N) is 2. The van der Waals surface area contributed by atoms with E-state index in [0.29, 0.717) is 44.2 Å². The van der Waals surface area contributed by atoms with Gasteiger partial charge in [-0.1, -0.05) is 19.9 Å². The summed E-state index contributed by atoms with van der Waals surface area (Å²) < 4.78 is 24.7. The Hall–Kier alpha value is -2.64. The van der Waals surface area contributed by atoms with Crippen molar-refractivity contribution >= 4 is 11.7 Å². The Balaban J connectivity index is 1.94. The van der Waals surface area contributed by atoms with Gasteiger partial charge >= 0.3 is 6.03 Å². The Morgan fingerprint density at radius 2 is 1.90 bits per heavy atom. The van der Waals surface area contributed by atoms with Crippen molar-refractivity contribution in [3.8, 4) is 16.9 Å². The number of amides is 2. The zero-order chi connectivity index (χ0) is 21.5. The number of urea groups is 1. The SMILES string of the molecule is CCN(CC)Cc1cc(-c2cc(F)ccc2OC)ccc1NC(=O)N1CCOCC1. The highest BCUT2D eigenvalue weighted by molar-refractivity contribution is 5.91. The highest BCUT2D eigenvalue weighted by Gasteiger charge is 2.19. The fraction of sp³-hybridized carbons (Fsp3) is 0.435. The fourth-order valence-electron chi connectivity index (χ4n) is 3.57. The number of morpholine rings is 1. The molecule has 0 radical (unpaired) electrons. The van der Waals surface area contributed by atoms with E-state index in [1.54, 1.807) is 18.1 Å². The number of anilines is 1. The van der Waals surface area contributed by atoms with E-state index in [4.69, 9.17) is 9.47 Å². The van der Waals surface area contributed by atoms with Crippen LogP contribution in [0.2, 0.25) is 0 Å². The number of carbonyl (C=O) groups excluding carboxylic acids is 1. The Kier molecular flexibility index (Phi) is 7.65. The molecular weight excluding hydrogens is 385 g/mol. The lowest BCUT2D eigenvalue weighted by Crippen LogP contribution is -2.43. The molecule has 0 bridgehead atoms. The average molecular weight is 416 g/mol. The second kappa shape index (κ2) is 10.4. The summed E-state index contributed by atoms with van der Waals surface area (Å²) in [5.74, 6) is 0.288. The van der Waals surface area contributed by atoms with Crippen LogP contribution in [0.4, 0.5) is 14.9 Å². The van der Waals surface area contributed by atoms with Gasteiger partial charge in [-0.25, -0.2) is 9.18 Å². The van der Waals surface area contributed by atoms with Crippen molar-refractivity contribution in [3.05, 3.63) is 47.8 Å². The molecule has 2 aromatic rings. The van der Waals surface area contributed by atoms with Crippen molar-refractivity contribution in [3.63, 3.8) is 0 Å². The van der Waals surface area contributed by atoms with Crippen LogP contribution in [0.25, 0.3) is 11.1 Å². The second-order valence-corrected chi connectivity index (χ2v) is 7.21. The van der Waals surface area contributed by atoms with E-state index in [9.17, 15) is 9.18 Å². The van der Waals surface area contributed by atoms with E-state index in [0.717, 1.165) is 29.9 Å². The maximum absolute atomic E-state index is 13.9. The molecule has 0 saturated carbocycles. The van der Waals surface area contributed by atoms with Crippen LogP contribution in [0.1, 0.15) is 19.4 Å². The average Bonchev–Trinajstić information content (AvgIpc) is 2.78. The van der Waals surface area contributed by atoms with Crippen LogP contribution in [0.5, 0.6) is 5.75 Å². The van der Waals surface area contributed by atoms with Crippen molar-refractivity contribution < 1.29 is 18.7 Å². The molecule has 0 spiro atoms. The Morgan fingerprint density at radius 3 is 2.57 bits per heavy atom. The lowest BCUT2D eigenvalue weighted by molar-refractivity contribution is 0.0564. The van der Waals surface area contributed by atoms with Crippen LogP contribution < -0.4 is 10.1 Å². The first kappa shape index (κ1) is 22.1. The van der Waals surface area contributed by atoms with Crippen molar-refractivity contribution in [1.82, 2.24) is 9.80 Å². The van der Waals surface area contributed by atoms with Gasteiger partial charge in [0.2, 0.25) is 0 Å². The van der Waals surface area contributed by atoms with Crippen molar-refractivity contribution in [2.45, 2.75) is 20.4 Å². The minimum absolute atomic E-state index is 0.129. The lowest BCUT2D eigenvalue weighted by atomic mass is 10.00. The van der Waals surface area contributed by atoms with Gasteiger partial charge in [-0.15, -0.1) is 0 Å². The van der Waals surface area contributed by atoms with Gasteiger partial charge < -0.3 is 19.7 Å². The van der Waals surface area contributed by atoms with Crippen LogP contribution in [0, 0.1) is 5.82 Å². The summed E-state index contributed by atoms with van der Waals surface area (Å²) >= 11 is 0. The Labute approximate surface area is 177 Å². The summed E-state index contributed by atoms with van der Waals surface area (Å²) in [4.78, 5) is 16.7. The third-order valence-corrected chi connectivity index (χ3v) is 5.41. The van der Waals surface area contributed by atoms with Crippen LogP contribution in [0.15, 0.2) is 36.4 Å². The molecule has 30 heavy (non-hydrogen) atoms. The monoisotopic (exact) mass is 415 g/mol. The molecule has 1 aliphatic heterocycles. The topological polar surface area (TPSA) is 54.0 Å². The standard InChI is InChI=1S/C23H30FN3O3/c1-4-26(5-2)16-18-14-17(20-15-19(24)7-9-22(20)29-3)6-8-21(18)25-23(28)27-10-12-30-13-11-27/h6-9,14-15H,4-5,10-13,16H2,1-3H3,(H,25,28). The number of halogens is 1. The molecule has 0 aromatic heterocycles. The minimum atomic E-state index is -0.319. The van der Waals surface area contributed by atoms with Crippen LogP contribution >= 0.6 is 0 Å². The summed E-state index contributed by atoms with van der Waals surface area (Å²) in [6.45, 7) is 8.93. The van der Waals surface area contributed by atoms with Crippen LogP contribution in [-0.2, 0) is 11.3 Å². The quantitative estimate of drug-likeness (QED) is 0.736. The highest BCUT2D eigenvalue weighted by Crippen LogP contribution is 2.33. The first-order chi connectivity index (χ1) is 14.5. The molecule has 1 saturated heterocycles. The van der Waals surface area contributed by atoms with Gasteiger partial charge in [0, 0.05) is 30.9 Å². The van der Waals surface area contributed by atoms with Crippen molar-refractivity contribution in [2.24, 2.45) is 0 Å². The Bertz CT molecular complexity index is 865. The van der Waals surface area contributed by atoms with Gasteiger partial charge in [-0.2, -0.15) is 0 Å². The fourth-order valence-corrected chi connectivity index (χ4v) is 3.57. The van der Waals surface area contributed by atoms with Gasteiger partial charge in [-0.3, -0.25) is 4.90 Å². The highest BCUT2D eigenvalue weighted by atomic mass is 19.1. The molecule has 1 N–H and O–H groups in total. The third-order valence-electron chi connectivity index (χ3n) is 5.41. The molecular formula is C23H30FN3O3. The summed E-state index contributed by atoms with van der Waals surface area (Å²) in [7, 11) is 1.57. The van der Waals surface area contributed by atoms with Gasteiger partial charge in [0.25, 0.3) is 0 Å². The first-order valence-corrected chi connectivity index (χ1v) is 10.4. The van der Waals surface area contributed by atoms with Gasteiger partial charge in [0.05, 0.1) is 20.3 Å². The summed E-state index contributed by atoms with van der Waals surface area (Å²) in [6.07, 6.45) is 0. The molecule has 7 heteroatoms. The molecule has 6 nitrogen and oxygen atoms in total. The van der Waals surface area contributed by atoms with E-state index in [-0.39, 0.29) is 11.8 Å². The summed E-state index contributed by atoms with van der Waals surface area (Å²) in [5, 5.41) is 3.05. The Morgan fingerprint density at radius 1 is 1.17 bits per heavy atom. The van der Waals surface area contributed by atoms with Crippen LogP contribution in [0.3, 0.4) is 0 Å². The molecule has 2 aromatic carbocycles. The van der Waals surface area contributed by atoms with E-state index in [1.165, 1.54) is 12.1 Å². The predicted molar refractivity (Wildman–Crippen MR) is 116 cm³/mol. The molecule has 1 aliphatic rings. The van der Waals surface area contributed by atoms with Gasteiger partial charge in [0.1, 0.15) is 11.6 Å². The number of ether oxygens (including phenoxy) is 2. The molecule has 2 amide bonds. The molecule has 3 rings (SSSR count). The number of methoxy groups -OCH3 is 1. The number of hydrogen-bond acceptors (Lipinski definition) is 4. The minimum Gasteiger partial charge on any atom is -0.496 e. The number of rotatable bonds is 7. The van der Waals surface area contributed by atoms with Gasteiger partial charge in [-0.05, 0) is 54.5 Å². The van der Waals surface area contributed by atoms with Gasteiger partial charge in [0.15, 0.2) is 0 Å². The normalized spacial score (nSPS) is 14.1. The molecule has 0 aliphatic carbocycles. The maximum atomic E-state index is 13.9. The largest absolute Gasteiger partial charge is 0.496 e. The number of benzene rings is 2. The zero-order valence-corrected chi connectivity index (χ0v) is 17.9. The van der Waals surface area contributed by atoms with E-state index in [1.807, 2.05) is 18.2 Å². The van der Waals surface area contributed by atoms with Crippen molar-refractivity contribution in [1.29, 1.82) is 0 Å². The van der Waals surface area contributed by atoms with Crippen molar-refractivity contribution in [2.75, 3.05) is 51.8 Å². The second-order valence-electron chi connectivity index (χ2n) is 7.21. The first-order valence-electron chi connectivity index (χ1n) is 10.4. The lowest BCUT2D eigenvalue weighted by Gasteiger charge is -2.28. The molecule has 162 valence electrons. The smallest absolute Gasteiger partial charge is 0.322 e. The summed E-state index contributed by atoms with van der Waals surface area (Å²) in [6, 6.07) is 10.1. The molecule has 1 heterocycles. The summed E-state index contributed by atoms with van der Waals surface area (Å²) in [5.41, 5.74) is 3.27. The van der Waals surface area contributed by atoms with E-state index >= 15 is 0 Å². The van der Waals surface area contributed by atoms with Crippen LogP contribution in [-0.4, -0.2) is 62.3 Å². The molecule has 0 atom stereocenters. The van der Waals surface area contributed by atoms with E-state index in [2.05, 4.69) is 24.1 Å². The number of carbonyl (C=O) groups is 1. The molecule has 1 fully saturated rings. The zero-order valence-electron chi connectivity index (χ0n) is 17.9.